The Bertz CT molecular complexity index is 1390. The lowest BCUT2D eigenvalue weighted by atomic mass is 10.1. The van der Waals surface area contributed by atoms with Gasteiger partial charge in [-0.05, 0) is 42.8 Å². The Labute approximate surface area is 213 Å². The quantitative estimate of drug-likeness (QED) is 0.492. The molecule has 1 unspecified atom stereocenters. The summed E-state index contributed by atoms with van der Waals surface area (Å²) in [4.78, 5) is 15.5. The summed E-state index contributed by atoms with van der Waals surface area (Å²) in [6, 6.07) is 8.65. The third-order valence-corrected chi connectivity index (χ3v) is 7.78. The second-order valence-electron chi connectivity index (χ2n) is 7.78. The number of aromatic nitrogens is 3. The number of carbonyl (C=O) groups excluding carboxylic acids is 1. The Hall–Kier alpha value is -3.08. The van der Waals surface area contributed by atoms with Crippen LogP contribution in [0.15, 0.2) is 47.6 Å². The van der Waals surface area contributed by atoms with E-state index in [-0.39, 0.29) is 29.0 Å². The van der Waals surface area contributed by atoms with Crippen molar-refractivity contribution in [1.82, 2.24) is 20.1 Å². The van der Waals surface area contributed by atoms with Gasteiger partial charge in [-0.25, -0.2) is 8.42 Å². The highest BCUT2D eigenvalue weighted by atomic mass is 35.5. The zero-order valence-corrected chi connectivity index (χ0v) is 21.3. The van der Waals surface area contributed by atoms with Gasteiger partial charge in [-0.3, -0.25) is 18.8 Å². The number of halogens is 2. The van der Waals surface area contributed by atoms with Crippen LogP contribution in [0.2, 0.25) is 10.2 Å². The number of fused-ring (bicyclic) bond motifs is 1. The molecule has 0 saturated carbocycles. The Morgan fingerprint density at radius 1 is 1.29 bits per heavy atom. The molecule has 1 aromatic carbocycles. The maximum absolute atomic E-state index is 13.7. The lowest BCUT2D eigenvalue weighted by Gasteiger charge is -2.35. The molecule has 0 fully saturated rings. The van der Waals surface area contributed by atoms with Crippen molar-refractivity contribution in [1.29, 1.82) is 0 Å². The molecular weight excluding hydrogens is 513 g/mol. The van der Waals surface area contributed by atoms with E-state index in [1.165, 1.54) is 22.1 Å². The lowest BCUT2D eigenvalue weighted by molar-refractivity contribution is -0.119. The number of anilines is 1. The second-order valence-corrected chi connectivity index (χ2v) is 10.4. The molecular formula is C23H23Cl2N5O4S. The van der Waals surface area contributed by atoms with Crippen LogP contribution in [0.3, 0.4) is 0 Å². The summed E-state index contributed by atoms with van der Waals surface area (Å²) in [7, 11) is -4.09. The summed E-state index contributed by atoms with van der Waals surface area (Å²) in [5, 5.41) is 7.14. The van der Waals surface area contributed by atoms with Gasteiger partial charge in [0, 0.05) is 25.9 Å². The van der Waals surface area contributed by atoms with Crippen molar-refractivity contribution in [3.05, 3.63) is 64.2 Å². The molecule has 3 heterocycles. The number of sulfonamides is 1. The average Bonchev–Trinajstić information content (AvgIpc) is 3.23. The van der Waals surface area contributed by atoms with Gasteiger partial charge < -0.3 is 10.1 Å². The van der Waals surface area contributed by atoms with Gasteiger partial charge in [-0.15, -0.1) is 0 Å². The first kappa shape index (κ1) is 25.0. The van der Waals surface area contributed by atoms with Crippen LogP contribution in [-0.2, 0) is 21.4 Å². The van der Waals surface area contributed by atoms with Crippen molar-refractivity contribution in [3.63, 3.8) is 0 Å². The van der Waals surface area contributed by atoms with Crippen LogP contribution in [0, 0.1) is 0 Å². The predicted octanol–water partition coefficient (Wildman–Crippen LogP) is 3.87. The molecule has 9 nitrogen and oxygen atoms in total. The normalized spacial score (nSPS) is 15.7. The molecule has 2 aromatic heterocycles. The molecule has 1 N–H and O–H groups in total. The van der Waals surface area contributed by atoms with Crippen LogP contribution < -0.4 is 14.4 Å². The van der Waals surface area contributed by atoms with E-state index >= 15 is 0 Å². The highest BCUT2D eigenvalue weighted by Crippen LogP contribution is 2.39. The molecule has 184 valence electrons. The van der Waals surface area contributed by atoms with E-state index in [0.29, 0.717) is 34.3 Å². The number of nitrogens with one attached hydrogen (secondary N) is 1. The second kappa shape index (κ2) is 10.3. The van der Waals surface area contributed by atoms with Crippen LogP contribution >= 0.6 is 23.2 Å². The molecule has 1 aliphatic rings. The zero-order valence-electron chi connectivity index (χ0n) is 19.0. The van der Waals surface area contributed by atoms with E-state index in [2.05, 4.69) is 15.4 Å². The monoisotopic (exact) mass is 535 g/mol. The van der Waals surface area contributed by atoms with Crippen molar-refractivity contribution in [2.75, 3.05) is 17.4 Å². The molecule has 1 atom stereocenters. The summed E-state index contributed by atoms with van der Waals surface area (Å²) in [6.07, 6.45) is 5.97. The molecule has 0 spiro atoms. The van der Waals surface area contributed by atoms with Crippen LogP contribution in [0.5, 0.6) is 5.75 Å². The van der Waals surface area contributed by atoms with Crippen LogP contribution in [-0.4, -0.2) is 48.3 Å². The van der Waals surface area contributed by atoms with Crippen molar-refractivity contribution in [2.24, 2.45) is 0 Å². The number of rotatable bonds is 7. The minimum atomic E-state index is -4.09. The Kier molecular flexibility index (Phi) is 7.34. The Balaban J connectivity index is 1.74. The fourth-order valence-electron chi connectivity index (χ4n) is 3.55. The van der Waals surface area contributed by atoms with E-state index in [1.807, 2.05) is 6.92 Å². The Morgan fingerprint density at radius 3 is 2.77 bits per heavy atom. The highest BCUT2D eigenvalue weighted by molar-refractivity contribution is 7.93. The number of hydrogen-bond donors (Lipinski definition) is 1. The third kappa shape index (κ3) is 5.44. The van der Waals surface area contributed by atoms with E-state index < -0.39 is 16.1 Å². The molecule has 12 heteroatoms. The van der Waals surface area contributed by atoms with E-state index in [0.717, 1.165) is 0 Å². The first-order valence-corrected chi connectivity index (χ1v) is 13.0. The first-order chi connectivity index (χ1) is 16.7. The van der Waals surface area contributed by atoms with Crippen LogP contribution in [0.4, 0.5) is 5.69 Å². The van der Waals surface area contributed by atoms with Gasteiger partial charge in [0.15, 0.2) is 5.15 Å². The van der Waals surface area contributed by atoms with Gasteiger partial charge in [-0.1, -0.05) is 35.3 Å². The number of benzene rings is 1. The molecule has 0 bridgehead atoms. The molecule has 0 saturated heterocycles. The zero-order chi connectivity index (χ0) is 25.2. The molecule has 4 rings (SSSR count). The highest BCUT2D eigenvalue weighted by Gasteiger charge is 2.37. The topological polar surface area (TPSA) is 106 Å². The minimum Gasteiger partial charge on any atom is -0.484 e. The van der Waals surface area contributed by atoms with E-state index in [1.54, 1.807) is 48.7 Å². The molecule has 35 heavy (non-hydrogen) atoms. The first-order valence-electron chi connectivity index (χ1n) is 10.8. The summed E-state index contributed by atoms with van der Waals surface area (Å²) in [6.45, 7) is 3.80. The van der Waals surface area contributed by atoms with E-state index in [4.69, 9.17) is 27.9 Å². The van der Waals surface area contributed by atoms with Crippen LogP contribution in [0.1, 0.15) is 25.1 Å². The summed E-state index contributed by atoms with van der Waals surface area (Å²) in [5.41, 5.74) is 1.64. The molecule has 1 aliphatic heterocycles. The number of ether oxygens (including phenoxy) is 1. The van der Waals surface area contributed by atoms with Gasteiger partial charge in [0.1, 0.15) is 16.7 Å². The van der Waals surface area contributed by atoms with Gasteiger partial charge in [0.25, 0.3) is 10.0 Å². The summed E-state index contributed by atoms with van der Waals surface area (Å²) >= 11 is 12.4. The number of carbonyl (C=O) groups is 1. The summed E-state index contributed by atoms with van der Waals surface area (Å²) < 4.78 is 36.1. The standard InChI is InChI=1S/C23H23Cl2N5O4S/c1-3-29-14-22(23(25)28-29)35(32,33)30-13-17(12-27-15(2)31)34-21-9-7-16(11-20(21)30)6-8-19-18(24)5-4-10-26-19/h4-11,14,17H,3,12-13H2,1-2H3,(H,27,31). The fraction of sp³-hybridized carbons (Fsp3) is 0.261. The van der Waals surface area contributed by atoms with Gasteiger partial charge >= 0.3 is 0 Å². The molecule has 1 amide bonds. The lowest BCUT2D eigenvalue weighted by Crippen LogP contribution is -2.48. The van der Waals surface area contributed by atoms with Gasteiger partial charge in [-0.2, -0.15) is 5.10 Å². The molecule has 3 aromatic rings. The minimum absolute atomic E-state index is 0.0253. The average molecular weight is 536 g/mol. The number of amides is 1. The third-order valence-electron chi connectivity index (χ3n) is 5.29. The predicted molar refractivity (Wildman–Crippen MR) is 135 cm³/mol. The van der Waals surface area contributed by atoms with E-state index in [9.17, 15) is 13.2 Å². The SMILES string of the molecule is CCn1cc(S(=O)(=O)N2CC(CNC(C)=O)Oc3ccc(C=Cc4ncccc4Cl)cc32)c(Cl)n1. The van der Waals surface area contributed by atoms with Crippen molar-refractivity contribution in [3.8, 4) is 5.75 Å². The van der Waals surface area contributed by atoms with Crippen LogP contribution in [0.25, 0.3) is 12.2 Å². The largest absolute Gasteiger partial charge is 0.484 e. The van der Waals surface area contributed by atoms with Crippen molar-refractivity contribution in [2.45, 2.75) is 31.4 Å². The van der Waals surface area contributed by atoms with Gasteiger partial charge in [0.2, 0.25) is 5.91 Å². The molecule has 0 radical (unpaired) electrons. The van der Waals surface area contributed by atoms with Gasteiger partial charge in [0.05, 0.1) is 29.5 Å². The number of pyridine rings is 1. The number of nitrogens with zero attached hydrogens (tertiary/aromatic N) is 4. The smallest absolute Gasteiger partial charge is 0.269 e. The maximum Gasteiger partial charge on any atom is 0.269 e. The number of hydrogen-bond acceptors (Lipinski definition) is 6. The maximum atomic E-state index is 13.7. The van der Waals surface area contributed by atoms with Crippen molar-refractivity contribution < 1.29 is 17.9 Å². The summed E-state index contributed by atoms with van der Waals surface area (Å²) in [5.74, 6) is 0.122. The fourth-order valence-corrected chi connectivity index (χ4v) is 5.69. The number of aryl methyl sites for hydroxylation is 1. The molecule has 0 aliphatic carbocycles. The van der Waals surface area contributed by atoms with Crippen molar-refractivity contribution >= 4 is 57.0 Å². The Morgan fingerprint density at radius 2 is 2.09 bits per heavy atom.